The molecule has 0 saturated heterocycles. The van der Waals surface area contributed by atoms with E-state index in [9.17, 15) is 9.90 Å². The molecule has 4 aliphatic rings. The smallest absolute Gasteiger partial charge is 0.133 e. The summed E-state index contributed by atoms with van der Waals surface area (Å²) in [6.45, 7) is 9.07. The van der Waals surface area contributed by atoms with Gasteiger partial charge in [-0.3, -0.25) is 4.79 Å². The Kier molecular flexibility index (Phi) is 3.78. The zero-order valence-corrected chi connectivity index (χ0v) is 16.1. The lowest BCUT2D eigenvalue weighted by Crippen LogP contribution is -2.54. The van der Waals surface area contributed by atoms with Crippen LogP contribution in [0.25, 0.3) is 0 Å². The predicted molar refractivity (Wildman–Crippen MR) is 96.5 cm³/mol. The molecule has 24 heavy (non-hydrogen) atoms. The van der Waals surface area contributed by atoms with Gasteiger partial charge in [-0.2, -0.15) is 0 Å². The van der Waals surface area contributed by atoms with Crippen LogP contribution in [0.1, 0.15) is 85.5 Å². The molecule has 0 spiro atoms. The van der Waals surface area contributed by atoms with Crippen LogP contribution in [0, 0.1) is 40.4 Å². The number of Topliss-reactive ketones (excluding diaryl/α,β-unsaturated/α-hetero) is 1. The van der Waals surface area contributed by atoms with Gasteiger partial charge in [-0.25, -0.2) is 0 Å². The molecular formula is C22H36O2. The molecule has 0 aliphatic heterocycles. The highest BCUT2D eigenvalue weighted by Gasteiger charge is 2.61. The predicted octanol–water partition coefficient (Wildman–Crippen LogP) is 4.99. The van der Waals surface area contributed by atoms with Crippen LogP contribution in [0.2, 0.25) is 0 Å². The highest BCUT2D eigenvalue weighted by Crippen LogP contribution is 2.68. The van der Waals surface area contributed by atoms with Crippen LogP contribution in [0.5, 0.6) is 0 Å². The van der Waals surface area contributed by atoms with Crippen LogP contribution in [0.3, 0.4) is 0 Å². The molecular weight excluding hydrogens is 296 g/mol. The van der Waals surface area contributed by atoms with E-state index >= 15 is 0 Å². The van der Waals surface area contributed by atoms with Crippen molar-refractivity contribution in [3.63, 3.8) is 0 Å². The fourth-order valence-electron chi connectivity index (χ4n) is 8.21. The Labute approximate surface area is 147 Å². The zero-order valence-electron chi connectivity index (χ0n) is 16.1. The van der Waals surface area contributed by atoms with E-state index in [1.54, 1.807) is 0 Å². The number of carbonyl (C=O) groups is 1. The largest absolute Gasteiger partial charge is 0.390 e. The molecule has 0 amide bonds. The van der Waals surface area contributed by atoms with Gasteiger partial charge in [-0.1, -0.05) is 13.8 Å². The van der Waals surface area contributed by atoms with E-state index in [2.05, 4.69) is 13.8 Å². The molecule has 4 saturated carbocycles. The third-order valence-electron chi connectivity index (χ3n) is 9.33. The van der Waals surface area contributed by atoms with E-state index in [0.717, 1.165) is 37.0 Å². The Balaban J connectivity index is 1.62. The van der Waals surface area contributed by atoms with Gasteiger partial charge in [0.2, 0.25) is 0 Å². The maximum absolute atomic E-state index is 12.0. The zero-order chi connectivity index (χ0) is 17.3. The van der Waals surface area contributed by atoms with Crippen molar-refractivity contribution in [1.29, 1.82) is 0 Å². The topological polar surface area (TPSA) is 37.3 Å². The molecule has 4 fully saturated rings. The van der Waals surface area contributed by atoms with E-state index < -0.39 is 5.60 Å². The van der Waals surface area contributed by atoms with Crippen molar-refractivity contribution in [2.45, 2.75) is 91.1 Å². The third kappa shape index (κ3) is 2.27. The lowest BCUT2D eigenvalue weighted by atomic mass is 9.44. The SMILES string of the molecule is CC(C)(O)[C@H]1CC[C@H]2[C@@H]3CC[C@H]4CC(=O)CC[C@]4(C)[C@H]3CC[C@]12C. The van der Waals surface area contributed by atoms with Crippen LogP contribution >= 0.6 is 0 Å². The maximum Gasteiger partial charge on any atom is 0.133 e. The second kappa shape index (κ2) is 5.32. The van der Waals surface area contributed by atoms with Crippen molar-refractivity contribution in [1.82, 2.24) is 0 Å². The number of ketones is 1. The van der Waals surface area contributed by atoms with E-state index in [-0.39, 0.29) is 0 Å². The Morgan fingerprint density at radius 2 is 1.67 bits per heavy atom. The number of hydrogen-bond acceptors (Lipinski definition) is 2. The molecule has 0 radical (unpaired) electrons. The Morgan fingerprint density at radius 1 is 0.958 bits per heavy atom. The molecule has 2 nitrogen and oxygen atoms in total. The normalized spacial score (nSPS) is 51.7. The summed E-state index contributed by atoms with van der Waals surface area (Å²) in [5, 5.41) is 10.7. The lowest BCUT2D eigenvalue weighted by molar-refractivity contribution is -0.145. The van der Waals surface area contributed by atoms with E-state index in [4.69, 9.17) is 0 Å². The first-order chi connectivity index (χ1) is 11.2. The van der Waals surface area contributed by atoms with E-state index in [1.807, 2.05) is 13.8 Å². The summed E-state index contributed by atoms with van der Waals surface area (Å²) in [6.07, 6.45) is 10.5. The van der Waals surface area contributed by atoms with Crippen molar-refractivity contribution < 1.29 is 9.90 Å². The van der Waals surface area contributed by atoms with Gasteiger partial charge >= 0.3 is 0 Å². The fraction of sp³-hybridized carbons (Fsp3) is 0.955. The first-order valence-corrected chi connectivity index (χ1v) is 10.4. The van der Waals surface area contributed by atoms with E-state index in [1.165, 1.54) is 38.5 Å². The van der Waals surface area contributed by atoms with Gasteiger partial charge in [0.15, 0.2) is 0 Å². The van der Waals surface area contributed by atoms with Gasteiger partial charge < -0.3 is 5.11 Å². The molecule has 1 N–H and O–H groups in total. The van der Waals surface area contributed by atoms with Gasteiger partial charge in [0, 0.05) is 12.8 Å². The molecule has 0 aromatic rings. The average molecular weight is 333 g/mol. The van der Waals surface area contributed by atoms with Gasteiger partial charge in [0.1, 0.15) is 5.78 Å². The summed E-state index contributed by atoms with van der Waals surface area (Å²) in [5.41, 5.74) is 0.187. The average Bonchev–Trinajstić information content (AvgIpc) is 2.85. The minimum absolute atomic E-state index is 0.326. The van der Waals surface area contributed by atoms with Gasteiger partial charge in [-0.05, 0) is 99.2 Å². The molecule has 0 bridgehead atoms. The fourth-order valence-corrected chi connectivity index (χ4v) is 8.21. The molecule has 2 heteroatoms. The Bertz CT molecular complexity index is 533. The maximum atomic E-state index is 12.0. The molecule has 0 heterocycles. The van der Waals surface area contributed by atoms with Crippen molar-refractivity contribution in [2.24, 2.45) is 40.4 Å². The minimum atomic E-state index is -0.547. The molecule has 0 aromatic heterocycles. The quantitative estimate of drug-likeness (QED) is 0.735. The van der Waals surface area contributed by atoms with Gasteiger partial charge in [-0.15, -0.1) is 0 Å². The summed E-state index contributed by atoms with van der Waals surface area (Å²) >= 11 is 0. The summed E-state index contributed by atoms with van der Waals surface area (Å²) in [6, 6.07) is 0. The molecule has 0 unspecified atom stereocenters. The number of carbonyl (C=O) groups excluding carboxylic acids is 1. The highest BCUT2D eigenvalue weighted by atomic mass is 16.3. The van der Waals surface area contributed by atoms with E-state index in [0.29, 0.717) is 28.4 Å². The van der Waals surface area contributed by atoms with Crippen LogP contribution in [0.4, 0.5) is 0 Å². The van der Waals surface area contributed by atoms with Crippen molar-refractivity contribution in [2.75, 3.05) is 0 Å². The molecule has 4 rings (SSSR count). The summed E-state index contributed by atoms with van der Waals surface area (Å²) in [5.74, 6) is 4.07. The van der Waals surface area contributed by atoms with Crippen LogP contribution in [0.15, 0.2) is 0 Å². The first-order valence-electron chi connectivity index (χ1n) is 10.4. The molecule has 0 aromatic carbocycles. The monoisotopic (exact) mass is 332 g/mol. The number of hydrogen-bond donors (Lipinski definition) is 1. The van der Waals surface area contributed by atoms with Crippen LogP contribution in [-0.4, -0.2) is 16.5 Å². The first kappa shape index (κ1) is 17.1. The number of aliphatic hydroxyl groups is 1. The molecule has 136 valence electrons. The van der Waals surface area contributed by atoms with Gasteiger partial charge in [0.05, 0.1) is 5.60 Å². The summed E-state index contributed by atoms with van der Waals surface area (Å²) < 4.78 is 0. The lowest BCUT2D eigenvalue weighted by Gasteiger charge is -2.60. The highest BCUT2D eigenvalue weighted by molar-refractivity contribution is 5.79. The standard InChI is InChI=1S/C22H36O2/c1-20(2,24)19-8-7-17-16-6-5-14-13-15(23)9-11-21(14,3)18(16)10-12-22(17,19)4/h14,16-19,24H,5-13H2,1-4H3/t14-,16-,17-,18-,19+,21-,22-/m0/s1. The van der Waals surface area contributed by atoms with Gasteiger partial charge in [0.25, 0.3) is 0 Å². The van der Waals surface area contributed by atoms with Crippen molar-refractivity contribution in [3.8, 4) is 0 Å². The minimum Gasteiger partial charge on any atom is -0.390 e. The molecule has 4 aliphatic carbocycles. The van der Waals surface area contributed by atoms with Crippen LogP contribution in [-0.2, 0) is 4.79 Å². The Hall–Kier alpha value is -0.370. The number of rotatable bonds is 1. The second-order valence-corrected chi connectivity index (χ2v) is 10.7. The second-order valence-electron chi connectivity index (χ2n) is 10.7. The Morgan fingerprint density at radius 3 is 2.38 bits per heavy atom. The summed E-state index contributed by atoms with van der Waals surface area (Å²) in [4.78, 5) is 12.0. The van der Waals surface area contributed by atoms with Crippen molar-refractivity contribution in [3.05, 3.63) is 0 Å². The molecule has 7 atom stereocenters. The van der Waals surface area contributed by atoms with Crippen molar-refractivity contribution >= 4 is 5.78 Å². The van der Waals surface area contributed by atoms with Crippen LogP contribution < -0.4 is 0 Å². The third-order valence-corrected chi connectivity index (χ3v) is 9.33. The number of fused-ring (bicyclic) bond motifs is 5. The summed E-state index contributed by atoms with van der Waals surface area (Å²) in [7, 11) is 0.